The molecule has 0 aliphatic heterocycles. The molecule has 0 spiro atoms. The zero-order valence-electron chi connectivity index (χ0n) is 8.29. The Morgan fingerprint density at radius 1 is 1.58 bits per heavy atom. The van der Waals surface area contributed by atoms with Crippen LogP contribution in [0, 0.1) is 5.92 Å². The number of carbonyl (C=O) groups is 1. The lowest BCUT2D eigenvalue weighted by Crippen LogP contribution is -2.49. The molecule has 0 aromatic carbocycles. The van der Waals surface area contributed by atoms with Gasteiger partial charge in [0.1, 0.15) is 0 Å². The summed E-state index contributed by atoms with van der Waals surface area (Å²) in [5.74, 6) is 0.110. The number of amides is 1. The Morgan fingerprint density at radius 3 is 2.42 bits per heavy atom. The maximum absolute atomic E-state index is 11.3. The molecular weight excluding hydrogens is 154 g/mol. The molecule has 4 nitrogen and oxygen atoms in total. The Kier molecular flexibility index (Phi) is 4.85. The highest BCUT2D eigenvalue weighted by Gasteiger charge is 2.19. The van der Waals surface area contributed by atoms with Gasteiger partial charge in [0.05, 0.1) is 6.04 Å². The zero-order valence-corrected chi connectivity index (χ0v) is 8.29. The zero-order chi connectivity index (χ0) is 9.72. The molecule has 0 unspecified atom stereocenters. The third-order valence-corrected chi connectivity index (χ3v) is 1.89. The molecule has 0 fully saturated rings. The molecule has 1 amide bonds. The van der Waals surface area contributed by atoms with Crippen LogP contribution in [0.2, 0.25) is 0 Å². The van der Waals surface area contributed by atoms with Crippen LogP contribution >= 0.6 is 0 Å². The maximum atomic E-state index is 11.3. The van der Waals surface area contributed by atoms with Gasteiger partial charge in [-0.05, 0) is 5.92 Å². The molecule has 0 aromatic heterocycles. The second kappa shape index (κ2) is 5.11. The molecule has 0 heterocycles. The molecule has 12 heavy (non-hydrogen) atoms. The van der Waals surface area contributed by atoms with Crippen molar-refractivity contribution in [2.75, 3.05) is 14.1 Å². The Morgan fingerprint density at radius 2 is 2.08 bits per heavy atom. The number of rotatable bonds is 4. The van der Waals surface area contributed by atoms with Gasteiger partial charge in [-0.1, -0.05) is 20.3 Å². The number of carbonyl (C=O) groups excluding carboxylic acids is 1. The van der Waals surface area contributed by atoms with E-state index in [1.807, 2.05) is 13.8 Å². The molecule has 4 heteroatoms. The Labute approximate surface area is 74.1 Å². The third-order valence-electron chi connectivity index (χ3n) is 1.89. The fraction of sp³-hybridized carbons (Fsp3) is 0.875. The van der Waals surface area contributed by atoms with Gasteiger partial charge in [-0.15, -0.1) is 0 Å². The molecule has 0 saturated heterocycles. The van der Waals surface area contributed by atoms with Crippen LogP contribution in [0.15, 0.2) is 0 Å². The lowest BCUT2D eigenvalue weighted by molar-refractivity contribution is -0.127. The molecule has 0 rings (SSSR count). The van der Waals surface area contributed by atoms with Crippen molar-refractivity contribution in [3.05, 3.63) is 0 Å². The van der Waals surface area contributed by atoms with Gasteiger partial charge in [0.25, 0.3) is 5.91 Å². The van der Waals surface area contributed by atoms with Gasteiger partial charge in [-0.2, -0.15) is 0 Å². The standard InChI is InChI=1S/C8H19N3O/c1-5-6(2)7(9)8(12)10-11(3)4/h6-7H,5,9H2,1-4H3,(H,10,12)/t6-,7-/m0/s1. The van der Waals surface area contributed by atoms with Crippen LogP contribution in [-0.2, 0) is 4.79 Å². The second-order valence-corrected chi connectivity index (χ2v) is 3.28. The first-order valence-corrected chi connectivity index (χ1v) is 4.22. The fourth-order valence-corrected chi connectivity index (χ4v) is 0.807. The summed E-state index contributed by atoms with van der Waals surface area (Å²) in [7, 11) is 3.53. The number of nitrogens with one attached hydrogen (secondary N) is 1. The minimum absolute atomic E-state index is 0.116. The summed E-state index contributed by atoms with van der Waals surface area (Å²) in [6.07, 6.45) is 0.919. The van der Waals surface area contributed by atoms with Crippen LogP contribution in [0.4, 0.5) is 0 Å². The predicted molar refractivity (Wildman–Crippen MR) is 49.3 cm³/mol. The van der Waals surface area contributed by atoms with Crippen molar-refractivity contribution in [3.63, 3.8) is 0 Å². The summed E-state index contributed by atoms with van der Waals surface area (Å²) < 4.78 is 0. The first-order chi connectivity index (χ1) is 5.49. The molecule has 0 aromatic rings. The van der Waals surface area contributed by atoms with E-state index in [0.717, 1.165) is 6.42 Å². The van der Waals surface area contributed by atoms with Crippen molar-refractivity contribution in [1.82, 2.24) is 10.4 Å². The quantitative estimate of drug-likeness (QED) is 0.586. The van der Waals surface area contributed by atoms with Crippen LogP contribution in [-0.4, -0.2) is 31.1 Å². The van der Waals surface area contributed by atoms with Gasteiger partial charge in [0.15, 0.2) is 0 Å². The maximum Gasteiger partial charge on any atom is 0.251 e. The summed E-state index contributed by atoms with van der Waals surface area (Å²) in [6.45, 7) is 3.99. The van der Waals surface area contributed by atoms with Crippen molar-refractivity contribution in [2.24, 2.45) is 11.7 Å². The lowest BCUT2D eigenvalue weighted by Gasteiger charge is -2.20. The Balaban J connectivity index is 3.92. The van der Waals surface area contributed by atoms with Crippen molar-refractivity contribution >= 4 is 5.91 Å². The lowest BCUT2D eigenvalue weighted by atomic mass is 10.00. The topological polar surface area (TPSA) is 58.4 Å². The third kappa shape index (κ3) is 3.69. The Bertz CT molecular complexity index is 147. The minimum atomic E-state index is -0.405. The van der Waals surface area contributed by atoms with E-state index in [-0.39, 0.29) is 11.8 Å². The number of hydrogen-bond donors (Lipinski definition) is 2. The molecule has 0 radical (unpaired) electrons. The Hall–Kier alpha value is -0.610. The van der Waals surface area contributed by atoms with E-state index in [1.54, 1.807) is 19.1 Å². The number of hydrazine groups is 1. The summed E-state index contributed by atoms with van der Waals surface area (Å²) in [5.41, 5.74) is 8.31. The van der Waals surface area contributed by atoms with E-state index in [1.165, 1.54) is 0 Å². The van der Waals surface area contributed by atoms with E-state index in [0.29, 0.717) is 0 Å². The highest BCUT2D eigenvalue weighted by molar-refractivity contribution is 5.81. The smallest absolute Gasteiger partial charge is 0.251 e. The van der Waals surface area contributed by atoms with Gasteiger partial charge >= 0.3 is 0 Å². The molecule has 3 N–H and O–H groups in total. The van der Waals surface area contributed by atoms with E-state index < -0.39 is 6.04 Å². The highest BCUT2D eigenvalue weighted by atomic mass is 16.2. The first-order valence-electron chi connectivity index (χ1n) is 4.22. The average molecular weight is 173 g/mol. The average Bonchev–Trinajstić information content (AvgIpc) is 2.00. The summed E-state index contributed by atoms with van der Waals surface area (Å²) in [4.78, 5) is 11.3. The minimum Gasteiger partial charge on any atom is -0.320 e. The molecule has 72 valence electrons. The largest absolute Gasteiger partial charge is 0.320 e. The first kappa shape index (κ1) is 11.4. The number of nitrogens with zero attached hydrogens (tertiary/aromatic N) is 1. The fourth-order valence-electron chi connectivity index (χ4n) is 0.807. The van der Waals surface area contributed by atoms with Crippen LogP contribution < -0.4 is 11.2 Å². The normalized spacial score (nSPS) is 15.8. The van der Waals surface area contributed by atoms with Crippen molar-refractivity contribution in [1.29, 1.82) is 0 Å². The molecule has 0 aliphatic carbocycles. The van der Waals surface area contributed by atoms with E-state index in [4.69, 9.17) is 5.73 Å². The monoisotopic (exact) mass is 173 g/mol. The van der Waals surface area contributed by atoms with Crippen LogP contribution in [0.1, 0.15) is 20.3 Å². The van der Waals surface area contributed by atoms with Crippen LogP contribution in [0.3, 0.4) is 0 Å². The number of nitrogens with two attached hydrogens (primary N) is 1. The van der Waals surface area contributed by atoms with E-state index >= 15 is 0 Å². The summed E-state index contributed by atoms with van der Waals surface area (Å²) >= 11 is 0. The van der Waals surface area contributed by atoms with Crippen molar-refractivity contribution in [2.45, 2.75) is 26.3 Å². The highest BCUT2D eigenvalue weighted by Crippen LogP contribution is 2.04. The van der Waals surface area contributed by atoms with Crippen molar-refractivity contribution < 1.29 is 4.79 Å². The van der Waals surface area contributed by atoms with Gasteiger partial charge in [-0.25, -0.2) is 5.01 Å². The number of hydrogen-bond acceptors (Lipinski definition) is 3. The van der Waals surface area contributed by atoms with Gasteiger partial charge < -0.3 is 5.73 Å². The SMILES string of the molecule is CC[C@H](C)[C@H](N)C(=O)NN(C)C. The molecule has 0 bridgehead atoms. The molecule has 0 saturated carbocycles. The van der Waals surface area contributed by atoms with Crippen molar-refractivity contribution in [3.8, 4) is 0 Å². The van der Waals surface area contributed by atoms with E-state index in [9.17, 15) is 4.79 Å². The molecular formula is C8H19N3O. The van der Waals surface area contributed by atoms with Crippen LogP contribution in [0.5, 0.6) is 0 Å². The summed E-state index contributed by atoms with van der Waals surface area (Å²) in [6, 6.07) is -0.405. The van der Waals surface area contributed by atoms with Crippen LogP contribution in [0.25, 0.3) is 0 Å². The second-order valence-electron chi connectivity index (χ2n) is 3.28. The van der Waals surface area contributed by atoms with Gasteiger partial charge in [0.2, 0.25) is 0 Å². The molecule has 0 aliphatic rings. The molecule has 2 atom stereocenters. The van der Waals surface area contributed by atoms with E-state index in [2.05, 4.69) is 5.43 Å². The van der Waals surface area contributed by atoms with Gasteiger partial charge in [-0.3, -0.25) is 10.2 Å². The van der Waals surface area contributed by atoms with Gasteiger partial charge in [0, 0.05) is 14.1 Å². The summed E-state index contributed by atoms with van der Waals surface area (Å²) in [5, 5.41) is 1.60. The predicted octanol–water partition coefficient (Wildman–Crippen LogP) is -0.0474.